The molecule has 1 aromatic carbocycles. The Balaban J connectivity index is 1.81. The number of carboxylic acids is 1. The van der Waals surface area contributed by atoms with Gasteiger partial charge < -0.3 is 10.0 Å². The number of carbonyl (C=O) groups excluding carboxylic acids is 1. The van der Waals surface area contributed by atoms with Gasteiger partial charge in [-0.25, -0.2) is 4.68 Å². The van der Waals surface area contributed by atoms with Gasteiger partial charge in [0.2, 0.25) is 0 Å². The molecule has 2 aromatic rings. The Morgan fingerprint density at radius 2 is 2.13 bits per heavy atom. The Kier molecular flexibility index (Phi) is 4.21. The van der Waals surface area contributed by atoms with Gasteiger partial charge in [0.25, 0.3) is 5.91 Å². The number of halogens is 1. The van der Waals surface area contributed by atoms with E-state index in [0.717, 1.165) is 10.2 Å². The highest BCUT2D eigenvalue weighted by Gasteiger charge is 2.38. The standard InChI is InChI=1S/C16H16BrN3O3/c1-10-13(16(22)23)5-7-19(10)15(21)14-6-8-20(18-14)12-4-2-3-11(17)9-12/h2-4,6,8-10,13H,5,7H2,1H3,(H,22,23). The van der Waals surface area contributed by atoms with Gasteiger partial charge in [-0.1, -0.05) is 22.0 Å². The molecule has 0 radical (unpaired) electrons. The normalized spacial score (nSPS) is 20.7. The first-order chi connectivity index (χ1) is 11.0. The molecule has 1 N–H and O–H groups in total. The number of carboxylic acid groups (broad SMARTS) is 1. The quantitative estimate of drug-likeness (QED) is 0.891. The van der Waals surface area contributed by atoms with Crippen molar-refractivity contribution in [1.29, 1.82) is 0 Å². The maximum atomic E-state index is 12.6. The van der Waals surface area contributed by atoms with Crippen LogP contribution in [0.3, 0.4) is 0 Å². The number of rotatable bonds is 3. The SMILES string of the molecule is CC1C(C(=O)O)CCN1C(=O)c1ccn(-c2cccc(Br)c2)n1. The first kappa shape index (κ1) is 15.7. The molecule has 0 spiro atoms. The molecule has 1 saturated heterocycles. The largest absolute Gasteiger partial charge is 0.481 e. The first-order valence-electron chi connectivity index (χ1n) is 7.33. The molecular weight excluding hydrogens is 362 g/mol. The highest BCUT2D eigenvalue weighted by atomic mass is 79.9. The maximum Gasteiger partial charge on any atom is 0.308 e. The van der Waals surface area contributed by atoms with Gasteiger partial charge in [-0.15, -0.1) is 0 Å². The summed E-state index contributed by atoms with van der Waals surface area (Å²) in [5.74, 6) is -1.59. The van der Waals surface area contributed by atoms with Crippen molar-refractivity contribution in [2.75, 3.05) is 6.54 Å². The molecule has 7 heteroatoms. The van der Waals surface area contributed by atoms with Gasteiger partial charge in [0.15, 0.2) is 5.69 Å². The lowest BCUT2D eigenvalue weighted by Crippen LogP contribution is -2.37. The molecule has 120 valence electrons. The monoisotopic (exact) mass is 377 g/mol. The number of amides is 1. The molecule has 1 aliphatic rings. The van der Waals surface area contributed by atoms with E-state index >= 15 is 0 Å². The third-order valence-corrected chi connectivity index (χ3v) is 4.71. The summed E-state index contributed by atoms with van der Waals surface area (Å²) in [5, 5.41) is 13.5. The average molecular weight is 378 g/mol. The van der Waals surface area contributed by atoms with Crippen LogP contribution in [0.5, 0.6) is 0 Å². The van der Waals surface area contributed by atoms with Crippen LogP contribution >= 0.6 is 15.9 Å². The Labute approximate surface area is 141 Å². The molecule has 3 rings (SSSR count). The summed E-state index contributed by atoms with van der Waals surface area (Å²) in [7, 11) is 0. The fourth-order valence-electron chi connectivity index (χ4n) is 2.90. The minimum Gasteiger partial charge on any atom is -0.481 e. The molecule has 2 atom stereocenters. The molecule has 6 nitrogen and oxygen atoms in total. The van der Waals surface area contributed by atoms with E-state index in [9.17, 15) is 14.7 Å². The van der Waals surface area contributed by atoms with E-state index in [-0.39, 0.29) is 11.9 Å². The molecule has 1 amide bonds. The van der Waals surface area contributed by atoms with Crippen LogP contribution in [0.1, 0.15) is 23.8 Å². The van der Waals surface area contributed by atoms with Crippen LogP contribution in [0, 0.1) is 5.92 Å². The maximum absolute atomic E-state index is 12.6. The zero-order valence-corrected chi connectivity index (χ0v) is 14.1. The molecule has 1 aliphatic heterocycles. The third-order valence-electron chi connectivity index (χ3n) is 4.21. The molecule has 0 bridgehead atoms. The van der Waals surface area contributed by atoms with Gasteiger partial charge >= 0.3 is 5.97 Å². The summed E-state index contributed by atoms with van der Waals surface area (Å²) in [5.41, 5.74) is 1.17. The predicted octanol–water partition coefficient (Wildman–Crippen LogP) is 2.57. The van der Waals surface area contributed by atoms with E-state index in [1.165, 1.54) is 0 Å². The molecule has 1 aromatic heterocycles. The van der Waals surface area contributed by atoms with Crippen LogP contribution in [0.4, 0.5) is 0 Å². The fourth-order valence-corrected chi connectivity index (χ4v) is 3.29. The Bertz CT molecular complexity index is 759. The smallest absolute Gasteiger partial charge is 0.308 e. The van der Waals surface area contributed by atoms with E-state index in [1.54, 1.807) is 28.8 Å². The van der Waals surface area contributed by atoms with Crippen molar-refractivity contribution in [3.63, 3.8) is 0 Å². The second kappa shape index (κ2) is 6.16. The summed E-state index contributed by atoms with van der Waals surface area (Å²) in [6.45, 7) is 2.22. The Morgan fingerprint density at radius 1 is 1.35 bits per heavy atom. The molecule has 2 unspecified atom stereocenters. The van der Waals surface area contributed by atoms with E-state index in [1.807, 2.05) is 24.3 Å². The van der Waals surface area contributed by atoms with E-state index in [0.29, 0.717) is 18.7 Å². The van der Waals surface area contributed by atoms with Crippen LogP contribution in [-0.4, -0.2) is 44.3 Å². The predicted molar refractivity (Wildman–Crippen MR) is 87.5 cm³/mol. The van der Waals surface area contributed by atoms with Gasteiger partial charge in [0.05, 0.1) is 11.6 Å². The molecule has 2 heterocycles. The van der Waals surface area contributed by atoms with Crippen LogP contribution in [-0.2, 0) is 4.79 Å². The van der Waals surface area contributed by atoms with Crippen molar-refractivity contribution in [2.45, 2.75) is 19.4 Å². The van der Waals surface area contributed by atoms with E-state index in [4.69, 9.17) is 0 Å². The lowest BCUT2D eigenvalue weighted by Gasteiger charge is -2.22. The minimum atomic E-state index is -0.854. The third kappa shape index (κ3) is 3.01. The van der Waals surface area contributed by atoms with Crippen molar-refractivity contribution in [3.8, 4) is 5.69 Å². The highest BCUT2D eigenvalue weighted by molar-refractivity contribution is 9.10. The van der Waals surface area contributed by atoms with Crippen LogP contribution in [0.15, 0.2) is 41.0 Å². The van der Waals surface area contributed by atoms with E-state index < -0.39 is 11.9 Å². The fraction of sp³-hybridized carbons (Fsp3) is 0.312. The van der Waals surface area contributed by atoms with Crippen molar-refractivity contribution in [2.24, 2.45) is 5.92 Å². The minimum absolute atomic E-state index is 0.227. The number of hydrogen-bond acceptors (Lipinski definition) is 3. The number of carbonyl (C=O) groups is 2. The van der Waals surface area contributed by atoms with Gasteiger partial charge in [0.1, 0.15) is 0 Å². The topological polar surface area (TPSA) is 75.4 Å². The lowest BCUT2D eigenvalue weighted by molar-refractivity contribution is -0.142. The van der Waals surface area contributed by atoms with Gasteiger partial charge in [0, 0.05) is 23.3 Å². The van der Waals surface area contributed by atoms with Crippen molar-refractivity contribution < 1.29 is 14.7 Å². The Morgan fingerprint density at radius 3 is 2.78 bits per heavy atom. The number of hydrogen-bond donors (Lipinski definition) is 1. The molecule has 23 heavy (non-hydrogen) atoms. The summed E-state index contributed by atoms with van der Waals surface area (Å²) in [4.78, 5) is 25.4. The Hall–Kier alpha value is -2.15. The lowest BCUT2D eigenvalue weighted by atomic mass is 10.0. The zero-order chi connectivity index (χ0) is 16.6. The number of nitrogens with zero attached hydrogens (tertiary/aromatic N) is 3. The number of aliphatic carboxylic acids is 1. The van der Waals surface area contributed by atoms with Crippen LogP contribution in [0.25, 0.3) is 5.69 Å². The van der Waals surface area contributed by atoms with Crippen molar-refractivity contribution >= 4 is 27.8 Å². The molecular formula is C16H16BrN3O3. The average Bonchev–Trinajstić information content (AvgIpc) is 3.13. The van der Waals surface area contributed by atoms with Gasteiger partial charge in [-0.2, -0.15) is 5.10 Å². The zero-order valence-electron chi connectivity index (χ0n) is 12.5. The second-order valence-corrected chi connectivity index (χ2v) is 6.51. The van der Waals surface area contributed by atoms with E-state index in [2.05, 4.69) is 21.0 Å². The highest BCUT2D eigenvalue weighted by Crippen LogP contribution is 2.26. The summed E-state index contributed by atoms with van der Waals surface area (Å²) in [6.07, 6.45) is 2.21. The first-order valence-corrected chi connectivity index (χ1v) is 8.12. The number of benzene rings is 1. The number of likely N-dealkylation sites (tertiary alicyclic amines) is 1. The van der Waals surface area contributed by atoms with Crippen LogP contribution in [0.2, 0.25) is 0 Å². The number of aromatic nitrogens is 2. The second-order valence-electron chi connectivity index (χ2n) is 5.60. The van der Waals surface area contributed by atoms with Crippen molar-refractivity contribution in [3.05, 3.63) is 46.7 Å². The molecule has 0 saturated carbocycles. The summed E-state index contributed by atoms with van der Waals surface area (Å²) >= 11 is 3.41. The van der Waals surface area contributed by atoms with Gasteiger partial charge in [-0.3, -0.25) is 9.59 Å². The molecule has 0 aliphatic carbocycles. The summed E-state index contributed by atoms with van der Waals surface area (Å²) in [6, 6.07) is 8.94. The van der Waals surface area contributed by atoms with Crippen LogP contribution < -0.4 is 0 Å². The van der Waals surface area contributed by atoms with Gasteiger partial charge in [-0.05, 0) is 37.6 Å². The summed E-state index contributed by atoms with van der Waals surface area (Å²) < 4.78 is 2.56. The molecule has 1 fully saturated rings. The van der Waals surface area contributed by atoms with Crippen molar-refractivity contribution in [1.82, 2.24) is 14.7 Å².